The lowest BCUT2D eigenvalue weighted by atomic mass is 9.90. The lowest BCUT2D eigenvalue weighted by Crippen LogP contribution is -2.34. The van der Waals surface area contributed by atoms with E-state index in [-0.39, 0.29) is 23.0 Å². The lowest BCUT2D eigenvalue weighted by Gasteiger charge is -2.19. The number of aliphatic carboxylic acids is 1. The Balaban J connectivity index is 2.19. The average Bonchev–Trinajstić information content (AvgIpc) is 2.93. The van der Waals surface area contributed by atoms with Gasteiger partial charge < -0.3 is 10.0 Å². The molecule has 1 fully saturated rings. The van der Waals surface area contributed by atoms with Crippen LogP contribution in [0.5, 0.6) is 0 Å². The molecule has 0 aromatic carbocycles. The van der Waals surface area contributed by atoms with E-state index in [9.17, 15) is 19.7 Å². The first-order chi connectivity index (χ1) is 9.24. The van der Waals surface area contributed by atoms with Gasteiger partial charge in [0, 0.05) is 19.2 Å². The Labute approximate surface area is 119 Å². The van der Waals surface area contributed by atoms with Crippen LogP contribution in [0.1, 0.15) is 27.9 Å². The fraction of sp³-hybridized carbons (Fsp3) is 0.500. The number of carbonyl (C=O) groups excluding carboxylic acids is 1. The summed E-state index contributed by atoms with van der Waals surface area (Å²) in [6.07, 6.45) is 0.389. The Hall–Kier alpha value is -1.96. The molecule has 1 aliphatic heterocycles. The topological polar surface area (TPSA) is 101 Å². The number of aryl methyl sites for hydroxylation is 1. The van der Waals surface area contributed by atoms with Crippen molar-refractivity contribution in [1.82, 2.24) is 4.90 Å². The molecule has 1 atom stereocenters. The number of nitrogens with zero attached hydrogens (tertiary/aromatic N) is 2. The zero-order chi connectivity index (χ0) is 15.1. The maximum atomic E-state index is 12.3. The second kappa shape index (κ2) is 4.86. The van der Waals surface area contributed by atoms with Gasteiger partial charge in [-0.25, -0.2) is 0 Å². The predicted molar refractivity (Wildman–Crippen MR) is 72.0 cm³/mol. The normalized spacial score (nSPS) is 22.0. The van der Waals surface area contributed by atoms with Gasteiger partial charge in [-0.05, 0) is 20.3 Å². The van der Waals surface area contributed by atoms with Crippen molar-refractivity contribution in [1.29, 1.82) is 0 Å². The van der Waals surface area contributed by atoms with Crippen LogP contribution >= 0.6 is 11.3 Å². The smallest absolute Gasteiger partial charge is 0.311 e. The zero-order valence-corrected chi connectivity index (χ0v) is 11.9. The molecule has 108 valence electrons. The quantitative estimate of drug-likeness (QED) is 0.678. The van der Waals surface area contributed by atoms with E-state index in [2.05, 4.69) is 0 Å². The summed E-state index contributed by atoms with van der Waals surface area (Å²) in [5.74, 6) is -1.27. The van der Waals surface area contributed by atoms with Crippen molar-refractivity contribution in [2.45, 2.75) is 20.3 Å². The number of nitro groups is 1. The van der Waals surface area contributed by atoms with Gasteiger partial charge in [-0.2, -0.15) is 0 Å². The Morgan fingerprint density at radius 2 is 2.20 bits per heavy atom. The van der Waals surface area contributed by atoms with Crippen molar-refractivity contribution in [2.24, 2.45) is 5.41 Å². The molecule has 0 bridgehead atoms. The maximum Gasteiger partial charge on any atom is 0.311 e. The molecule has 2 rings (SSSR count). The molecule has 1 aliphatic rings. The monoisotopic (exact) mass is 298 g/mol. The minimum Gasteiger partial charge on any atom is -0.481 e. The summed E-state index contributed by atoms with van der Waals surface area (Å²) < 4.78 is 0. The number of amides is 1. The fourth-order valence-corrected chi connectivity index (χ4v) is 3.18. The van der Waals surface area contributed by atoms with Gasteiger partial charge in [0.05, 0.1) is 20.1 Å². The molecule has 1 unspecified atom stereocenters. The number of hydrogen-bond acceptors (Lipinski definition) is 5. The third-order valence-corrected chi connectivity index (χ3v) is 4.60. The molecule has 0 radical (unpaired) electrons. The third kappa shape index (κ3) is 2.38. The van der Waals surface area contributed by atoms with Crippen LogP contribution in [0.15, 0.2) is 6.07 Å². The van der Waals surface area contributed by atoms with E-state index in [4.69, 9.17) is 5.11 Å². The van der Waals surface area contributed by atoms with Crippen molar-refractivity contribution in [3.63, 3.8) is 0 Å². The van der Waals surface area contributed by atoms with Gasteiger partial charge >= 0.3 is 5.97 Å². The molecule has 1 saturated heterocycles. The van der Waals surface area contributed by atoms with Gasteiger partial charge in [0.2, 0.25) is 0 Å². The second-order valence-corrected chi connectivity index (χ2v) is 6.41. The van der Waals surface area contributed by atoms with Gasteiger partial charge in [0.1, 0.15) is 0 Å². The van der Waals surface area contributed by atoms with Gasteiger partial charge in [-0.1, -0.05) is 0 Å². The molecule has 2 heterocycles. The predicted octanol–water partition coefficient (Wildman–Crippen LogP) is 1.90. The van der Waals surface area contributed by atoms with Crippen LogP contribution < -0.4 is 0 Å². The number of likely N-dealkylation sites (tertiary alicyclic amines) is 1. The van der Waals surface area contributed by atoms with E-state index in [0.29, 0.717) is 17.8 Å². The highest BCUT2D eigenvalue weighted by molar-refractivity contribution is 7.14. The summed E-state index contributed by atoms with van der Waals surface area (Å²) in [4.78, 5) is 35.9. The summed E-state index contributed by atoms with van der Waals surface area (Å²) in [6, 6.07) is 1.26. The van der Waals surface area contributed by atoms with Crippen molar-refractivity contribution in [3.05, 3.63) is 25.9 Å². The summed E-state index contributed by atoms with van der Waals surface area (Å²) in [7, 11) is 0. The molecule has 0 saturated carbocycles. The highest BCUT2D eigenvalue weighted by Gasteiger charge is 2.42. The van der Waals surface area contributed by atoms with Gasteiger partial charge in [0.25, 0.3) is 11.6 Å². The molecule has 0 spiro atoms. The minimum atomic E-state index is -0.937. The molecule has 1 aromatic rings. The van der Waals surface area contributed by atoms with Crippen LogP contribution in [0, 0.1) is 22.5 Å². The summed E-state index contributed by atoms with van der Waals surface area (Å²) in [6.45, 7) is 3.67. The number of hydrogen-bond donors (Lipinski definition) is 1. The van der Waals surface area contributed by atoms with Crippen molar-refractivity contribution < 1.29 is 19.6 Å². The summed E-state index contributed by atoms with van der Waals surface area (Å²) in [5.41, 5.74) is -1.01. The molecule has 7 nitrogen and oxygen atoms in total. The van der Waals surface area contributed by atoms with Crippen molar-refractivity contribution in [3.8, 4) is 0 Å². The van der Waals surface area contributed by atoms with E-state index in [1.165, 1.54) is 11.0 Å². The first-order valence-electron chi connectivity index (χ1n) is 6.02. The average molecular weight is 298 g/mol. The van der Waals surface area contributed by atoms with Crippen LogP contribution in [0.2, 0.25) is 0 Å². The number of carbonyl (C=O) groups is 2. The Bertz CT molecular complexity index is 597. The SMILES string of the molecule is Cc1sc(C(=O)N2CCC(C)(C(=O)O)C2)cc1[N+](=O)[O-]. The molecular formula is C12H14N2O5S. The first-order valence-corrected chi connectivity index (χ1v) is 6.84. The van der Waals surface area contributed by atoms with Crippen LogP contribution in [-0.2, 0) is 4.79 Å². The molecule has 8 heteroatoms. The van der Waals surface area contributed by atoms with E-state index in [1.807, 2.05) is 0 Å². The molecule has 1 N–H and O–H groups in total. The minimum absolute atomic E-state index is 0.0708. The highest BCUT2D eigenvalue weighted by atomic mass is 32.1. The standard InChI is InChI=1S/C12H14N2O5S/c1-7-8(14(18)19)5-9(20-7)10(15)13-4-3-12(2,6-13)11(16)17/h5H,3-4,6H2,1-2H3,(H,16,17). The fourth-order valence-electron chi connectivity index (χ4n) is 2.22. The molecule has 1 aromatic heterocycles. The number of thiophene rings is 1. The summed E-state index contributed by atoms with van der Waals surface area (Å²) >= 11 is 1.07. The van der Waals surface area contributed by atoms with Gasteiger partial charge in [0.15, 0.2) is 0 Å². The largest absolute Gasteiger partial charge is 0.481 e. The lowest BCUT2D eigenvalue weighted by molar-refractivity contribution is -0.385. The zero-order valence-electron chi connectivity index (χ0n) is 11.1. The van der Waals surface area contributed by atoms with E-state index in [1.54, 1.807) is 13.8 Å². The van der Waals surface area contributed by atoms with E-state index < -0.39 is 16.3 Å². The van der Waals surface area contributed by atoms with Crippen molar-refractivity contribution in [2.75, 3.05) is 13.1 Å². The second-order valence-electron chi connectivity index (χ2n) is 5.15. The van der Waals surface area contributed by atoms with Crippen LogP contribution in [0.3, 0.4) is 0 Å². The Morgan fingerprint density at radius 3 is 2.65 bits per heavy atom. The molecular weight excluding hydrogens is 284 g/mol. The van der Waals surface area contributed by atoms with E-state index in [0.717, 1.165) is 11.3 Å². The molecule has 20 heavy (non-hydrogen) atoms. The van der Waals surface area contributed by atoms with Crippen molar-refractivity contribution >= 4 is 28.9 Å². The van der Waals surface area contributed by atoms with Gasteiger partial charge in [-0.15, -0.1) is 11.3 Å². The Morgan fingerprint density at radius 1 is 1.55 bits per heavy atom. The van der Waals surface area contributed by atoms with Crippen LogP contribution in [0.4, 0.5) is 5.69 Å². The van der Waals surface area contributed by atoms with Crippen LogP contribution in [0.25, 0.3) is 0 Å². The molecule has 0 aliphatic carbocycles. The maximum absolute atomic E-state index is 12.3. The van der Waals surface area contributed by atoms with Gasteiger partial charge in [-0.3, -0.25) is 19.7 Å². The number of carboxylic acid groups (broad SMARTS) is 1. The highest BCUT2D eigenvalue weighted by Crippen LogP contribution is 2.34. The summed E-state index contributed by atoms with van der Waals surface area (Å²) in [5, 5.41) is 19.9. The number of rotatable bonds is 3. The number of carboxylic acids is 1. The third-order valence-electron chi connectivity index (χ3n) is 3.58. The van der Waals surface area contributed by atoms with E-state index >= 15 is 0 Å². The Kier molecular flexibility index (Phi) is 3.51. The van der Waals surface area contributed by atoms with Crippen LogP contribution in [-0.4, -0.2) is 39.9 Å². The first kappa shape index (κ1) is 14.4. The molecule has 1 amide bonds.